The normalized spacial score (nSPS) is 11.6. The molecule has 2 aromatic carbocycles. The van der Waals surface area contributed by atoms with E-state index in [2.05, 4.69) is 9.97 Å². The number of thiazole rings is 1. The average Bonchev–Trinajstić information content (AvgIpc) is 3.45. The maximum atomic E-state index is 13.4. The summed E-state index contributed by atoms with van der Waals surface area (Å²) in [5, 5.41) is 0.580. The molecule has 4 rings (SSSR count). The first-order chi connectivity index (χ1) is 15.3. The van der Waals surface area contributed by atoms with Crippen LogP contribution in [0.5, 0.6) is 5.75 Å². The van der Waals surface area contributed by atoms with Crippen molar-refractivity contribution in [1.82, 2.24) is 14.5 Å². The number of aryl methyl sites for hydroxylation is 1. The van der Waals surface area contributed by atoms with Crippen LogP contribution >= 0.6 is 11.3 Å². The van der Waals surface area contributed by atoms with E-state index in [0.29, 0.717) is 30.2 Å². The first-order valence-electron chi connectivity index (χ1n) is 9.87. The zero-order chi connectivity index (χ0) is 22.7. The Hall–Kier alpha value is -3.24. The van der Waals surface area contributed by atoms with Crippen LogP contribution in [-0.2, 0) is 16.4 Å². The fraction of sp³-hybridized carbons (Fsp3) is 0.227. The number of amides is 1. The number of benzene rings is 2. The number of anilines is 1. The predicted octanol–water partition coefficient (Wildman–Crippen LogP) is 3.64. The quantitative estimate of drug-likeness (QED) is 0.390. The summed E-state index contributed by atoms with van der Waals surface area (Å²) in [5.74, 6) is 0.490. The van der Waals surface area contributed by atoms with Crippen LogP contribution in [0.4, 0.5) is 5.13 Å². The fourth-order valence-corrected chi connectivity index (χ4v) is 4.90. The lowest BCUT2D eigenvalue weighted by Crippen LogP contribution is -2.32. The summed E-state index contributed by atoms with van der Waals surface area (Å²) in [6.07, 6.45) is 7.16. The molecule has 10 heteroatoms. The van der Waals surface area contributed by atoms with Crippen LogP contribution in [0.15, 0.2) is 66.1 Å². The van der Waals surface area contributed by atoms with Gasteiger partial charge in [-0.1, -0.05) is 11.3 Å². The van der Waals surface area contributed by atoms with Gasteiger partial charge >= 0.3 is 0 Å². The number of methoxy groups -OCH3 is 1. The first-order valence-corrected chi connectivity index (χ1v) is 12.6. The van der Waals surface area contributed by atoms with E-state index in [-0.39, 0.29) is 10.8 Å². The lowest BCUT2D eigenvalue weighted by atomic mass is 10.2. The van der Waals surface area contributed by atoms with E-state index in [4.69, 9.17) is 4.74 Å². The van der Waals surface area contributed by atoms with Gasteiger partial charge in [0.25, 0.3) is 5.91 Å². The van der Waals surface area contributed by atoms with Gasteiger partial charge in [-0.3, -0.25) is 9.69 Å². The molecule has 0 radical (unpaired) electrons. The smallest absolute Gasteiger partial charge is 0.260 e. The predicted molar refractivity (Wildman–Crippen MR) is 124 cm³/mol. The number of aromatic nitrogens is 3. The van der Waals surface area contributed by atoms with Crippen molar-refractivity contribution in [3.63, 3.8) is 0 Å². The van der Waals surface area contributed by atoms with Gasteiger partial charge in [0.15, 0.2) is 15.0 Å². The molecular formula is C22H22N4O4S2. The second-order valence-corrected chi connectivity index (χ2v) is 10.3. The van der Waals surface area contributed by atoms with E-state index in [1.165, 1.54) is 35.6 Å². The van der Waals surface area contributed by atoms with Crippen LogP contribution in [0, 0.1) is 0 Å². The minimum Gasteiger partial charge on any atom is -0.497 e. The molecule has 0 unspecified atom stereocenters. The standard InChI is InChI=1S/C22H22N4O4S2/c1-30-17-6-9-19-20(14-17)31-22(24-19)26(12-3-11-25-13-10-23-15-25)21(27)16-4-7-18(8-5-16)32(2,28)29/h4-10,13-15H,3,11-12H2,1-2H3. The van der Waals surface area contributed by atoms with Crippen LogP contribution in [0.3, 0.4) is 0 Å². The Morgan fingerprint density at radius 2 is 1.97 bits per heavy atom. The van der Waals surface area contributed by atoms with Crippen molar-refractivity contribution in [3.8, 4) is 5.75 Å². The molecule has 2 heterocycles. The Balaban J connectivity index is 1.64. The number of carbonyl (C=O) groups excluding carboxylic acids is 1. The van der Waals surface area contributed by atoms with Crippen molar-refractivity contribution in [2.24, 2.45) is 0 Å². The van der Waals surface area contributed by atoms with E-state index in [1.54, 1.807) is 24.5 Å². The van der Waals surface area contributed by atoms with Gasteiger partial charge in [0, 0.05) is 37.3 Å². The number of carbonyl (C=O) groups is 1. The summed E-state index contributed by atoms with van der Waals surface area (Å²) in [6.45, 7) is 1.15. The van der Waals surface area contributed by atoms with Gasteiger partial charge < -0.3 is 9.30 Å². The number of fused-ring (bicyclic) bond motifs is 1. The molecule has 4 aromatic rings. The third kappa shape index (κ3) is 4.81. The van der Waals surface area contributed by atoms with Crippen molar-refractivity contribution in [3.05, 3.63) is 66.7 Å². The van der Waals surface area contributed by atoms with Crippen molar-refractivity contribution in [2.45, 2.75) is 17.9 Å². The average molecular weight is 471 g/mol. The van der Waals surface area contributed by atoms with Gasteiger partial charge in [-0.25, -0.2) is 18.4 Å². The number of hydrogen-bond acceptors (Lipinski definition) is 7. The minimum absolute atomic E-state index is 0.174. The second kappa shape index (κ2) is 9.09. The van der Waals surface area contributed by atoms with E-state index in [1.807, 2.05) is 29.0 Å². The molecular weight excluding hydrogens is 448 g/mol. The number of sulfone groups is 1. The topological polar surface area (TPSA) is 94.4 Å². The number of ether oxygens (including phenoxy) is 1. The first kappa shape index (κ1) is 22.0. The Labute approximate surface area is 190 Å². The lowest BCUT2D eigenvalue weighted by Gasteiger charge is -2.20. The molecule has 0 bridgehead atoms. The monoisotopic (exact) mass is 470 g/mol. The molecule has 0 spiro atoms. The Kier molecular flexibility index (Phi) is 6.24. The van der Waals surface area contributed by atoms with Gasteiger partial charge in [-0.2, -0.15) is 0 Å². The Morgan fingerprint density at radius 1 is 1.19 bits per heavy atom. The zero-order valence-corrected chi connectivity index (χ0v) is 19.3. The third-order valence-electron chi connectivity index (χ3n) is 4.95. The van der Waals surface area contributed by atoms with Gasteiger partial charge in [0.1, 0.15) is 5.75 Å². The molecule has 8 nitrogen and oxygen atoms in total. The highest BCUT2D eigenvalue weighted by Crippen LogP contribution is 2.32. The number of imidazole rings is 1. The molecule has 0 saturated heterocycles. The molecule has 0 fully saturated rings. The Morgan fingerprint density at radius 3 is 2.62 bits per heavy atom. The van der Waals surface area contributed by atoms with Crippen molar-refractivity contribution in [1.29, 1.82) is 0 Å². The maximum absolute atomic E-state index is 13.4. The molecule has 166 valence electrons. The van der Waals surface area contributed by atoms with Crippen LogP contribution < -0.4 is 9.64 Å². The Bertz CT molecular complexity index is 1330. The van der Waals surface area contributed by atoms with E-state index in [0.717, 1.165) is 22.2 Å². The van der Waals surface area contributed by atoms with Gasteiger partial charge in [-0.05, 0) is 48.9 Å². The summed E-state index contributed by atoms with van der Waals surface area (Å²) in [7, 11) is -1.73. The highest BCUT2D eigenvalue weighted by molar-refractivity contribution is 7.90. The zero-order valence-electron chi connectivity index (χ0n) is 17.6. The third-order valence-corrected chi connectivity index (χ3v) is 7.12. The maximum Gasteiger partial charge on any atom is 0.260 e. The van der Waals surface area contributed by atoms with Gasteiger partial charge in [0.05, 0.1) is 28.5 Å². The lowest BCUT2D eigenvalue weighted by molar-refractivity contribution is 0.0986. The van der Waals surface area contributed by atoms with E-state index >= 15 is 0 Å². The minimum atomic E-state index is -3.34. The highest BCUT2D eigenvalue weighted by atomic mass is 32.2. The van der Waals surface area contributed by atoms with E-state index in [9.17, 15) is 13.2 Å². The van der Waals surface area contributed by atoms with Crippen LogP contribution in [0.2, 0.25) is 0 Å². The van der Waals surface area contributed by atoms with Crippen molar-refractivity contribution >= 4 is 42.4 Å². The molecule has 32 heavy (non-hydrogen) atoms. The summed E-state index contributed by atoms with van der Waals surface area (Å²) < 4.78 is 31.7. The summed E-state index contributed by atoms with van der Waals surface area (Å²) >= 11 is 1.41. The molecule has 0 aliphatic rings. The largest absolute Gasteiger partial charge is 0.497 e. The van der Waals surface area contributed by atoms with Crippen molar-refractivity contribution < 1.29 is 17.9 Å². The molecule has 1 amide bonds. The molecule has 0 atom stereocenters. The molecule has 0 aliphatic carbocycles. The summed E-state index contributed by atoms with van der Waals surface area (Å²) in [4.78, 5) is 23.9. The SMILES string of the molecule is COc1ccc2nc(N(CCCn3ccnc3)C(=O)c3ccc(S(C)(=O)=O)cc3)sc2c1. The van der Waals surface area contributed by atoms with Crippen molar-refractivity contribution in [2.75, 3.05) is 24.8 Å². The van der Waals surface area contributed by atoms with Crippen LogP contribution in [0.1, 0.15) is 16.8 Å². The summed E-state index contributed by atoms with van der Waals surface area (Å²) in [6, 6.07) is 11.6. The highest BCUT2D eigenvalue weighted by Gasteiger charge is 2.22. The number of rotatable bonds is 8. The fourth-order valence-electron chi connectivity index (χ4n) is 3.25. The van der Waals surface area contributed by atoms with Gasteiger partial charge in [-0.15, -0.1) is 0 Å². The molecule has 2 aromatic heterocycles. The number of nitrogens with zero attached hydrogens (tertiary/aromatic N) is 4. The molecule has 0 saturated carbocycles. The summed E-state index contributed by atoms with van der Waals surface area (Å²) in [5.41, 5.74) is 1.18. The van der Waals surface area contributed by atoms with E-state index < -0.39 is 9.84 Å². The van der Waals surface area contributed by atoms with Gasteiger partial charge in [0.2, 0.25) is 0 Å². The molecule has 0 N–H and O–H groups in total. The molecule has 0 aliphatic heterocycles. The van der Waals surface area contributed by atoms with Crippen LogP contribution in [-0.4, -0.2) is 48.8 Å². The number of hydrogen-bond donors (Lipinski definition) is 0. The van der Waals surface area contributed by atoms with Crippen LogP contribution in [0.25, 0.3) is 10.2 Å². The second-order valence-electron chi connectivity index (χ2n) is 7.24.